The van der Waals surface area contributed by atoms with Gasteiger partial charge in [-0.3, -0.25) is 4.79 Å². The van der Waals surface area contributed by atoms with Crippen molar-refractivity contribution in [3.05, 3.63) is 35.1 Å². The Labute approximate surface area is 153 Å². The Bertz CT molecular complexity index is 757. The molecular formula is C18H24ClN5O. The van der Waals surface area contributed by atoms with Crippen LogP contribution in [0, 0.1) is 5.41 Å². The lowest BCUT2D eigenvalue weighted by Crippen LogP contribution is -2.45. The molecule has 0 N–H and O–H groups in total. The van der Waals surface area contributed by atoms with Crippen LogP contribution in [0.5, 0.6) is 0 Å². The van der Waals surface area contributed by atoms with Crippen LogP contribution >= 0.6 is 11.6 Å². The highest BCUT2D eigenvalue weighted by Gasteiger charge is 2.37. The molecule has 0 bridgehead atoms. The number of hydrogen-bond acceptors (Lipinski definition) is 4. The van der Waals surface area contributed by atoms with Crippen molar-refractivity contribution in [2.45, 2.75) is 52.5 Å². The van der Waals surface area contributed by atoms with Gasteiger partial charge in [-0.05, 0) is 49.1 Å². The Morgan fingerprint density at radius 3 is 2.88 bits per heavy atom. The van der Waals surface area contributed by atoms with Crippen molar-refractivity contribution in [1.82, 2.24) is 25.1 Å². The monoisotopic (exact) mass is 361 g/mol. The van der Waals surface area contributed by atoms with Crippen LogP contribution in [0.4, 0.5) is 0 Å². The van der Waals surface area contributed by atoms with E-state index in [2.05, 4.69) is 15.4 Å². The normalized spacial score (nSPS) is 18.4. The highest BCUT2D eigenvalue weighted by Crippen LogP contribution is 2.34. The summed E-state index contributed by atoms with van der Waals surface area (Å²) in [6, 6.07) is 7.20. The number of likely N-dealkylation sites (tertiary alicyclic amines) is 1. The van der Waals surface area contributed by atoms with Gasteiger partial charge in [-0.2, -0.15) is 0 Å². The molecule has 0 radical (unpaired) electrons. The van der Waals surface area contributed by atoms with Gasteiger partial charge in [0.05, 0.1) is 11.7 Å². The Hall–Kier alpha value is -1.95. The van der Waals surface area contributed by atoms with Gasteiger partial charge in [0.15, 0.2) is 5.82 Å². The van der Waals surface area contributed by atoms with Gasteiger partial charge in [0.25, 0.3) is 0 Å². The summed E-state index contributed by atoms with van der Waals surface area (Å²) < 4.78 is 0. The van der Waals surface area contributed by atoms with Gasteiger partial charge in [0.2, 0.25) is 5.91 Å². The van der Waals surface area contributed by atoms with Gasteiger partial charge >= 0.3 is 0 Å². The number of benzene rings is 1. The van der Waals surface area contributed by atoms with Crippen LogP contribution < -0.4 is 0 Å². The van der Waals surface area contributed by atoms with Crippen molar-refractivity contribution in [2.75, 3.05) is 6.54 Å². The minimum atomic E-state index is -0.376. The standard InChI is InChI=1S/C18H24ClN5O/c1-4-18(2,3)17(25)23-11-6-5-10-15(23)16-20-22-24(21-16)14-9-7-8-13(19)12-14/h7-9,12,15H,4-6,10-11H2,1-3H3. The van der Waals surface area contributed by atoms with E-state index in [1.165, 1.54) is 4.80 Å². The number of aromatic nitrogens is 4. The largest absolute Gasteiger partial charge is 0.332 e. The fourth-order valence-corrected chi connectivity index (χ4v) is 3.24. The topological polar surface area (TPSA) is 63.9 Å². The zero-order valence-corrected chi connectivity index (χ0v) is 15.7. The van der Waals surface area contributed by atoms with Crippen molar-refractivity contribution < 1.29 is 4.79 Å². The minimum absolute atomic E-state index is 0.111. The summed E-state index contributed by atoms with van der Waals surface area (Å²) in [5.41, 5.74) is 0.382. The first-order valence-electron chi connectivity index (χ1n) is 8.79. The number of halogens is 1. The first-order valence-corrected chi connectivity index (χ1v) is 9.17. The highest BCUT2D eigenvalue weighted by molar-refractivity contribution is 6.30. The Morgan fingerprint density at radius 2 is 2.16 bits per heavy atom. The summed E-state index contributed by atoms with van der Waals surface area (Å²) >= 11 is 6.04. The van der Waals surface area contributed by atoms with Gasteiger partial charge in [-0.15, -0.1) is 15.0 Å². The maximum Gasteiger partial charge on any atom is 0.228 e. The minimum Gasteiger partial charge on any atom is -0.332 e. The molecule has 25 heavy (non-hydrogen) atoms. The average Bonchev–Trinajstić information content (AvgIpc) is 3.11. The first kappa shape index (κ1) is 17.9. The van der Waals surface area contributed by atoms with Crippen molar-refractivity contribution in [3.8, 4) is 5.69 Å². The fourth-order valence-electron chi connectivity index (χ4n) is 3.05. The molecule has 3 rings (SSSR count). The molecule has 0 saturated carbocycles. The van der Waals surface area contributed by atoms with E-state index in [-0.39, 0.29) is 17.4 Å². The number of carbonyl (C=O) groups is 1. The van der Waals surface area contributed by atoms with E-state index >= 15 is 0 Å². The van der Waals surface area contributed by atoms with Crippen LogP contribution in [0.1, 0.15) is 58.3 Å². The van der Waals surface area contributed by atoms with Crippen LogP contribution in [-0.4, -0.2) is 37.6 Å². The van der Waals surface area contributed by atoms with E-state index in [0.29, 0.717) is 10.8 Å². The molecule has 0 spiro atoms. The third-order valence-corrected chi connectivity index (χ3v) is 5.23. The van der Waals surface area contributed by atoms with Gasteiger partial charge in [-0.25, -0.2) is 0 Å². The smallest absolute Gasteiger partial charge is 0.228 e. The molecule has 1 amide bonds. The molecule has 1 unspecified atom stereocenters. The lowest BCUT2D eigenvalue weighted by Gasteiger charge is -2.38. The molecule has 6 nitrogen and oxygen atoms in total. The number of rotatable bonds is 4. The van der Waals surface area contributed by atoms with E-state index in [0.717, 1.165) is 37.9 Å². The average molecular weight is 362 g/mol. The number of piperidine rings is 1. The van der Waals surface area contributed by atoms with Crippen molar-refractivity contribution in [1.29, 1.82) is 0 Å². The lowest BCUT2D eigenvalue weighted by atomic mass is 9.86. The molecule has 2 heterocycles. The summed E-state index contributed by atoms with van der Waals surface area (Å²) in [7, 11) is 0. The fraction of sp³-hybridized carbons (Fsp3) is 0.556. The number of nitrogens with zero attached hydrogens (tertiary/aromatic N) is 5. The summed E-state index contributed by atoms with van der Waals surface area (Å²) in [5, 5.41) is 13.5. The summed E-state index contributed by atoms with van der Waals surface area (Å²) in [6.45, 7) is 6.79. The lowest BCUT2D eigenvalue weighted by molar-refractivity contribution is -0.144. The third kappa shape index (κ3) is 3.68. The number of carbonyl (C=O) groups excluding carboxylic acids is 1. The van der Waals surface area contributed by atoms with Gasteiger partial charge in [-0.1, -0.05) is 38.4 Å². The van der Waals surface area contributed by atoms with E-state index in [1.807, 2.05) is 37.8 Å². The number of tetrazole rings is 1. The van der Waals surface area contributed by atoms with E-state index in [9.17, 15) is 4.79 Å². The predicted octanol–water partition coefficient (Wildman–Crippen LogP) is 3.81. The molecule has 1 aromatic carbocycles. The molecule has 134 valence electrons. The van der Waals surface area contributed by atoms with Crippen molar-refractivity contribution in [3.63, 3.8) is 0 Å². The van der Waals surface area contributed by atoms with Crippen LogP contribution in [0.25, 0.3) is 5.69 Å². The maximum absolute atomic E-state index is 13.0. The van der Waals surface area contributed by atoms with E-state index in [4.69, 9.17) is 11.6 Å². The van der Waals surface area contributed by atoms with Gasteiger partial charge in [0.1, 0.15) is 0 Å². The summed E-state index contributed by atoms with van der Waals surface area (Å²) in [6.07, 6.45) is 3.75. The summed E-state index contributed by atoms with van der Waals surface area (Å²) in [4.78, 5) is 16.4. The maximum atomic E-state index is 13.0. The molecule has 1 aliphatic rings. The number of amides is 1. The van der Waals surface area contributed by atoms with Gasteiger partial charge < -0.3 is 4.90 Å². The molecule has 7 heteroatoms. The number of hydrogen-bond donors (Lipinski definition) is 0. The zero-order valence-electron chi connectivity index (χ0n) is 14.9. The molecule has 0 aliphatic carbocycles. The van der Waals surface area contributed by atoms with Crippen LogP contribution in [0.2, 0.25) is 5.02 Å². The highest BCUT2D eigenvalue weighted by atomic mass is 35.5. The van der Waals surface area contributed by atoms with Crippen LogP contribution in [-0.2, 0) is 4.79 Å². The summed E-state index contributed by atoms with van der Waals surface area (Å²) in [5.74, 6) is 0.763. The SMILES string of the molecule is CCC(C)(C)C(=O)N1CCCCC1c1nnn(-c2cccc(Cl)c2)n1. The van der Waals surface area contributed by atoms with E-state index in [1.54, 1.807) is 12.1 Å². The zero-order chi connectivity index (χ0) is 18.0. The van der Waals surface area contributed by atoms with Gasteiger partial charge in [0, 0.05) is 17.0 Å². The molecular weight excluding hydrogens is 338 g/mol. The second-order valence-corrected chi connectivity index (χ2v) is 7.60. The first-order chi connectivity index (χ1) is 11.9. The molecule has 1 aliphatic heterocycles. The second kappa shape index (κ2) is 7.12. The molecule has 1 aromatic heterocycles. The molecule has 1 saturated heterocycles. The van der Waals surface area contributed by atoms with Crippen LogP contribution in [0.3, 0.4) is 0 Å². The van der Waals surface area contributed by atoms with E-state index < -0.39 is 0 Å². The molecule has 1 atom stereocenters. The molecule has 1 fully saturated rings. The van der Waals surface area contributed by atoms with Crippen molar-refractivity contribution >= 4 is 17.5 Å². The van der Waals surface area contributed by atoms with Crippen LogP contribution in [0.15, 0.2) is 24.3 Å². The van der Waals surface area contributed by atoms with Crippen molar-refractivity contribution in [2.24, 2.45) is 5.41 Å². The third-order valence-electron chi connectivity index (χ3n) is 4.99. The predicted molar refractivity (Wildman–Crippen MR) is 96.5 cm³/mol. The molecule has 2 aromatic rings. The Morgan fingerprint density at radius 1 is 1.36 bits per heavy atom. The Balaban J connectivity index is 1.88. The quantitative estimate of drug-likeness (QED) is 0.830. The second-order valence-electron chi connectivity index (χ2n) is 7.16. The Kier molecular flexibility index (Phi) is 5.08.